The summed E-state index contributed by atoms with van der Waals surface area (Å²) in [6.07, 6.45) is 0. The summed E-state index contributed by atoms with van der Waals surface area (Å²) in [5.74, 6) is 0. The van der Waals surface area contributed by atoms with Crippen molar-refractivity contribution in [3.63, 3.8) is 0 Å². The minimum absolute atomic E-state index is 0.844. The first kappa shape index (κ1) is 82.1. The number of hydrogen-bond donors (Lipinski definition) is 0. The molecule has 0 spiro atoms. The lowest BCUT2D eigenvalue weighted by molar-refractivity contribution is 0.658. The lowest BCUT2D eigenvalue weighted by atomic mass is 9.83. The van der Waals surface area contributed by atoms with Crippen LogP contribution in [-0.4, -0.2) is 0 Å². The molecule has 4 nitrogen and oxygen atoms in total. The van der Waals surface area contributed by atoms with E-state index in [4.69, 9.17) is 17.7 Å². The van der Waals surface area contributed by atoms with Gasteiger partial charge >= 0.3 is 0 Å². The Balaban J connectivity index is 0.000000103. The van der Waals surface area contributed by atoms with Crippen LogP contribution in [0.15, 0.2) is 527 Å². The van der Waals surface area contributed by atoms with Crippen molar-refractivity contribution in [1.82, 2.24) is 0 Å². The first-order chi connectivity index (χ1) is 71.4. The molecule has 0 radical (unpaired) electrons. The van der Waals surface area contributed by atoms with E-state index in [1.807, 2.05) is 24.3 Å². The van der Waals surface area contributed by atoms with E-state index in [-0.39, 0.29) is 0 Å². The van der Waals surface area contributed by atoms with Crippen LogP contribution in [0.4, 0.5) is 0 Å². The summed E-state index contributed by atoms with van der Waals surface area (Å²) in [4.78, 5) is 0. The fourth-order valence-electron chi connectivity index (χ4n) is 23.7. The second-order valence-electron chi connectivity index (χ2n) is 38.0. The Bertz CT molecular complexity index is 10500. The number of para-hydroxylation sites is 4. The number of rotatable bonds is 9. The molecule has 144 heavy (non-hydrogen) atoms. The van der Waals surface area contributed by atoms with Gasteiger partial charge in [-0.3, -0.25) is 0 Å². The van der Waals surface area contributed by atoms with Crippen LogP contribution >= 0.6 is 0 Å². The van der Waals surface area contributed by atoms with Crippen LogP contribution in [0.2, 0.25) is 0 Å². The normalized spacial score (nSPS) is 11.9. The molecule has 0 fully saturated rings. The van der Waals surface area contributed by atoms with Crippen LogP contribution in [0.3, 0.4) is 0 Å². The Kier molecular flexibility index (Phi) is 19.0. The summed E-state index contributed by atoms with van der Waals surface area (Å²) in [6, 6.07) is 184. The molecule has 0 saturated heterocycles. The Labute approximate surface area is 827 Å². The molecular weight excluding hydrogens is 1750 g/mol. The van der Waals surface area contributed by atoms with Crippen molar-refractivity contribution in [3.05, 3.63) is 510 Å². The number of benzene rings is 27. The number of hydrogen-bond acceptors (Lipinski definition) is 4. The van der Waals surface area contributed by atoms with Crippen molar-refractivity contribution in [3.8, 4) is 100 Å². The van der Waals surface area contributed by atoms with Crippen LogP contribution in [0.5, 0.6) is 0 Å². The van der Waals surface area contributed by atoms with Gasteiger partial charge in [-0.05, 0) is 264 Å². The smallest absolute Gasteiger partial charge is 0.147 e. The van der Waals surface area contributed by atoms with Gasteiger partial charge in [-0.2, -0.15) is 0 Å². The molecule has 31 aromatic rings. The summed E-state index contributed by atoms with van der Waals surface area (Å²) >= 11 is 0. The fraction of sp³-hybridized carbons (Fsp3) is 0. The summed E-state index contributed by atoms with van der Waals surface area (Å²) in [7, 11) is 0. The number of fused-ring (bicyclic) bond motifs is 23. The number of furan rings is 4. The van der Waals surface area contributed by atoms with Crippen molar-refractivity contribution < 1.29 is 17.7 Å². The molecule has 0 N–H and O–H groups in total. The third kappa shape index (κ3) is 13.2. The van der Waals surface area contributed by atoms with Gasteiger partial charge in [0.25, 0.3) is 0 Å². The van der Waals surface area contributed by atoms with Gasteiger partial charge in [-0.25, -0.2) is 0 Å². The van der Waals surface area contributed by atoms with E-state index in [1.54, 1.807) is 0 Å². The van der Waals surface area contributed by atoms with Gasteiger partial charge in [0.1, 0.15) is 44.7 Å². The average molecular weight is 1830 g/mol. The topological polar surface area (TPSA) is 52.6 Å². The van der Waals surface area contributed by atoms with Gasteiger partial charge in [0.2, 0.25) is 0 Å². The quantitative estimate of drug-likeness (QED) is 0.135. The van der Waals surface area contributed by atoms with Crippen LogP contribution in [-0.2, 0) is 0 Å². The first-order valence-corrected chi connectivity index (χ1v) is 49.5. The SMILES string of the molecule is c1cc(-c2c3ccccc3c(-c3ccc4ccccc4c3)c3ccccc23)cc(-c2c3oc4ccccc4c3cc3c2oc2ccccc23)c1.c1cc(-c2ccc3ccccc3c2)cc(-c2c3ccccc3c(-c3c4ccccc4cc4c3oc3ccccc34)c3ccccc23)c1.c1cc(-c2cccc3ccccc23)cc(-c2c3ccccc3c(-c3c4ccccc4cc4c3oc3ccccc34)c3ccccc23)c1. The minimum atomic E-state index is 0.844. The fourth-order valence-corrected chi connectivity index (χ4v) is 23.7. The monoisotopic (exact) mass is 1830 g/mol. The molecule has 0 bridgehead atoms. The zero-order chi connectivity index (χ0) is 94.6. The van der Waals surface area contributed by atoms with Gasteiger partial charge in [0.15, 0.2) is 0 Å². The van der Waals surface area contributed by atoms with E-state index in [2.05, 4.69) is 485 Å². The molecule has 4 heteroatoms. The molecule has 4 heterocycles. The molecule has 0 saturated carbocycles. The molecular formula is C140H84O4. The predicted molar refractivity (Wildman–Crippen MR) is 610 cm³/mol. The minimum Gasteiger partial charge on any atom is -0.455 e. The third-order valence-electron chi connectivity index (χ3n) is 30.1. The second-order valence-corrected chi connectivity index (χ2v) is 38.0. The van der Waals surface area contributed by atoms with Gasteiger partial charge in [0, 0.05) is 65.3 Å². The third-order valence-corrected chi connectivity index (χ3v) is 30.1. The maximum Gasteiger partial charge on any atom is 0.147 e. The molecule has 27 aromatic carbocycles. The first-order valence-electron chi connectivity index (χ1n) is 49.5. The lowest BCUT2D eigenvalue weighted by Gasteiger charge is -2.19. The highest BCUT2D eigenvalue weighted by Gasteiger charge is 2.29. The molecule has 668 valence electrons. The molecule has 0 amide bonds. The molecule has 0 aliphatic rings. The highest BCUT2D eigenvalue weighted by molar-refractivity contribution is 6.32. The molecule has 31 rings (SSSR count). The van der Waals surface area contributed by atoms with E-state index in [1.165, 1.54) is 191 Å². The largest absolute Gasteiger partial charge is 0.455 e. The highest BCUT2D eigenvalue weighted by Crippen LogP contribution is 2.55. The van der Waals surface area contributed by atoms with Gasteiger partial charge in [0.05, 0.1) is 5.56 Å². The average Bonchev–Trinajstić information content (AvgIpc) is 0.906. The van der Waals surface area contributed by atoms with Crippen LogP contribution < -0.4 is 0 Å². The molecule has 0 aliphatic heterocycles. The van der Waals surface area contributed by atoms with E-state index in [0.29, 0.717) is 0 Å². The Morgan fingerprint density at radius 3 is 0.708 bits per heavy atom. The standard InChI is InChI=1S/C48H28O2.2C46H28O/c1-2-13-30-26-33(25-24-29(30)12-1)45-38-20-5-3-18-36(38)44(37-19-4-6-21-39(37)45)31-14-11-15-32(27-31)46-47-40(34-16-7-9-22-42(34)49-47)28-41-35-17-8-10-23-43(35)50-48(41)46;1-3-18-33-29(13-1)15-12-25-34(33)30-16-11-17-32(27-30)43-37-21-5-7-23-39(37)44(40-24-8-6-22-38(40)43)45-35-19-4-2-14-31(35)28-41-36-20-9-10-26-42(36)47-46(41)45;1-2-13-30-26-32(25-24-29(30)12-1)31-15-11-16-34(27-31)43-37-19-5-7-21-39(37)44(40-22-8-6-20-38(40)43)45-35-17-4-3-14-33(35)28-41-36-18-9-10-23-42(36)47-46(41)45/h1-28H;2*1-28H. The van der Waals surface area contributed by atoms with Crippen LogP contribution in [0.25, 0.3) is 306 Å². The zero-order valence-corrected chi connectivity index (χ0v) is 78.1. The van der Waals surface area contributed by atoms with Gasteiger partial charge in [-0.1, -0.05) is 437 Å². The second kappa shape index (κ2) is 33.4. The summed E-state index contributed by atoms with van der Waals surface area (Å²) < 4.78 is 26.8. The maximum atomic E-state index is 6.76. The van der Waals surface area contributed by atoms with Gasteiger partial charge < -0.3 is 17.7 Å². The maximum absolute atomic E-state index is 6.76. The summed E-state index contributed by atoms with van der Waals surface area (Å²) in [6.45, 7) is 0. The van der Waals surface area contributed by atoms with E-state index < -0.39 is 0 Å². The molecule has 0 aliphatic carbocycles. The van der Waals surface area contributed by atoms with Crippen LogP contribution in [0.1, 0.15) is 0 Å². The highest BCUT2D eigenvalue weighted by atomic mass is 16.3. The van der Waals surface area contributed by atoms with E-state index in [9.17, 15) is 0 Å². The molecule has 0 unspecified atom stereocenters. The Morgan fingerprint density at radius 2 is 0.326 bits per heavy atom. The Morgan fingerprint density at radius 1 is 0.0972 bits per heavy atom. The van der Waals surface area contributed by atoms with Crippen molar-refractivity contribution in [2.75, 3.05) is 0 Å². The van der Waals surface area contributed by atoms with Crippen molar-refractivity contribution in [1.29, 1.82) is 0 Å². The molecule has 0 atom stereocenters. The van der Waals surface area contributed by atoms with Gasteiger partial charge in [-0.15, -0.1) is 0 Å². The van der Waals surface area contributed by atoms with Crippen molar-refractivity contribution in [2.45, 2.75) is 0 Å². The zero-order valence-electron chi connectivity index (χ0n) is 78.1. The van der Waals surface area contributed by atoms with E-state index in [0.717, 1.165) is 116 Å². The van der Waals surface area contributed by atoms with Crippen molar-refractivity contribution >= 4 is 206 Å². The Hall–Kier alpha value is -19.0. The summed E-state index contributed by atoms with van der Waals surface area (Å²) in [5, 5.41) is 36.0. The summed E-state index contributed by atoms with van der Waals surface area (Å²) in [5.41, 5.74) is 28.6. The molecule has 4 aromatic heterocycles. The van der Waals surface area contributed by atoms with Crippen LogP contribution in [0, 0.1) is 0 Å². The lowest BCUT2D eigenvalue weighted by Crippen LogP contribution is -1.92. The predicted octanol–water partition coefficient (Wildman–Crippen LogP) is 40.3. The van der Waals surface area contributed by atoms with E-state index >= 15 is 0 Å². The van der Waals surface area contributed by atoms with Crippen molar-refractivity contribution in [2.24, 2.45) is 0 Å².